The van der Waals surface area contributed by atoms with Crippen molar-refractivity contribution in [2.45, 2.75) is 0 Å². The lowest BCUT2D eigenvalue weighted by Gasteiger charge is -2.28. The fraction of sp³-hybridized carbons (Fsp3) is 0. The van der Waals surface area contributed by atoms with Gasteiger partial charge in [0.05, 0.1) is 22.4 Å². The molecule has 0 amide bonds. The SMILES string of the molecule is c1ccc(-c2ccc(N(c3ccc(-c4cccc5c4oc4ccccc45)cc3)c3ccccc3-n3c4cccc(-c5cccc6ccccc56)c4c4c5ccccc5ccc43)cc2)cc1. The Morgan fingerprint density at radius 2 is 0.877 bits per heavy atom. The summed E-state index contributed by atoms with van der Waals surface area (Å²) in [7, 11) is 0. The van der Waals surface area contributed by atoms with E-state index in [-0.39, 0.29) is 0 Å². The van der Waals surface area contributed by atoms with Crippen LogP contribution in [0, 0.1) is 0 Å². The van der Waals surface area contributed by atoms with Gasteiger partial charge in [0.2, 0.25) is 0 Å². The molecule has 13 aromatic rings. The Morgan fingerprint density at radius 3 is 1.69 bits per heavy atom. The summed E-state index contributed by atoms with van der Waals surface area (Å²) in [6, 6.07) is 87.7. The molecule has 3 heteroatoms. The maximum atomic E-state index is 6.50. The fourth-order valence-electron chi connectivity index (χ4n) is 10.2. The summed E-state index contributed by atoms with van der Waals surface area (Å²) in [5.41, 5.74) is 15.4. The van der Waals surface area contributed by atoms with E-state index in [4.69, 9.17) is 4.42 Å². The third-order valence-corrected chi connectivity index (χ3v) is 13.2. The molecular weight excluding hydrogens is 789 g/mol. The van der Waals surface area contributed by atoms with E-state index in [0.29, 0.717) is 0 Å². The second-order valence-electron chi connectivity index (χ2n) is 16.8. The number of hydrogen-bond donors (Lipinski definition) is 0. The van der Waals surface area contributed by atoms with Gasteiger partial charge in [-0.3, -0.25) is 0 Å². The van der Waals surface area contributed by atoms with Gasteiger partial charge in [0.15, 0.2) is 0 Å². The highest BCUT2D eigenvalue weighted by molar-refractivity contribution is 6.26. The molecule has 0 radical (unpaired) electrons. The predicted molar refractivity (Wildman–Crippen MR) is 274 cm³/mol. The monoisotopic (exact) mass is 828 g/mol. The van der Waals surface area contributed by atoms with E-state index in [9.17, 15) is 0 Å². The highest BCUT2D eigenvalue weighted by Gasteiger charge is 2.24. The molecule has 2 heterocycles. The zero-order valence-corrected chi connectivity index (χ0v) is 35.4. The van der Waals surface area contributed by atoms with Crippen LogP contribution in [-0.4, -0.2) is 4.57 Å². The number of para-hydroxylation sites is 4. The van der Waals surface area contributed by atoms with E-state index in [1.165, 1.54) is 54.6 Å². The molecule has 304 valence electrons. The summed E-state index contributed by atoms with van der Waals surface area (Å²) in [4.78, 5) is 2.41. The van der Waals surface area contributed by atoms with Gasteiger partial charge in [-0.15, -0.1) is 0 Å². The molecule has 0 aliphatic rings. The lowest BCUT2D eigenvalue weighted by molar-refractivity contribution is 0.670. The van der Waals surface area contributed by atoms with E-state index < -0.39 is 0 Å². The van der Waals surface area contributed by atoms with Crippen LogP contribution in [0.3, 0.4) is 0 Å². The Kier molecular flexibility index (Phi) is 8.53. The summed E-state index contributed by atoms with van der Waals surface area (Å²) in [6.07, 6.45) is 0. The highest BCUT2D eigenvalue weighted by atomic mass is 16.3. The van der Waals surface area contributed by atoms with Crippen molar-refractivity contribution in [1.82, 2.24) is 4.57 Å². The minimum absolute atomic E-state index is 0.899. The van der Waals surface area contributed by atoms with Crippen LogP contribution >= 0.6 is 0 Å². The zero-order chi connectivity index (χ0) is 42.8. The van der Waals surface area contributed by atoms with Gasteiger partial charge in [0, 0.05) is 38.5 Å². The van der Waals surface area contributed by atoms with E-state index in [2.05, 4.69) is 240 Å². The van der Waals surface area contributed by atoms with Crippen molar-refractivity contribution in [2.24, 2.45) is 0 Å². The Morgan fingerprint density at radius 1 is 0.323 bits per heavy atom. The van der Waals surface area contributed by atoms with E-state index in [0.717, 1.165) is 66.8 Å². The first-order valence-corrected chi connectivity index (χ1v) is 22.3. The first kappa shape index (κ1) is 36.9. The molecule has 0 aliphatic heterocycles. The van der Waals surface area contributed by atoms with Crippen molar-refractivity contribution in [3.63, 3.8) is 0 Å². The first-order valence-electron chi connectivity index (χ1n) is 22.3. The van der Waals surface area contributed by atoms with Crippen LogP contribution in [0.2, 0.25) is 0 Å². The van der Waals surface area contributed by atoms with E-state index in [1.54, 1.807) is 0 Å². The molecule has 65 heavy (non-hydrogen) atoms. The first-order chi connectivity index (χ1) is 32.3. The van der Waals surface area contributed by atoms with Crippen LogP contribution in [0.4, 0.5) is 17.1 Å². The van der Waals surface area contributed by atoms with Crippen molar-refractivity contribution in [3.8, 4) is 39.1 Å². The number of furan rings is 1. The zero-order valence-electron chi connectivity index (χ0n) is 35.4. The molecule has 0 unspecified atom stereocenters. The Balaban J connectivity index is 1.04. The topological polar surface area (TPSA) is 21.3 Å². The Hall–Kier alpha value is -8.66. The fourth-order valence-corrected chi connectivity index (χ4v) is 10.2. The minimum Gasteiger partial charge on any atom is -0.455 e. The molecule has 0 N–H and O–H groups in total. The lowest BCUT2D eigenvalue weighted by atomic mass is 9.93. The third-order valence-electron chi connectivity index (χ3n) is 13.2. The standard InChI is InChI=1S/C62H40N2O/c1-2-15-41(16-3-1)42-31-36-46(37-32-42)63(47-38-33-45(34-39-47)50-23-13-26-54-52-22-8-11-30-59(52)65-62(50)54)55-27-9-10-28-56(55)64-57-29-14-25-53(51-24-12-19-43-17-4-6-20-48(43)51)61(57)60-49-21-7-5-18-44(49)35-40-58(60)64/h1-40H. The molecule has 0 saturated heterocycles. The average Bonchev–Trinajstić information content (AvgIpc) is 3.94. The van der Waals surface area contributed by atoms with Crippen LogP contribution in [0.5, 0.6) is 0 Å². The maximum Gasteiger partial charge on any atom is 0.143 e. The maximum absolute atomic E-state index is 6.50. The van der Waals surface area contributed by atoms with Gasteiger partial charge in [-0.25, -0.2) is 0 Å². The van der Waals surface area contributed by atoms with Crippen molar-refractivity contribution in [2.75, 3.05) is 4.90 Å². The number of benzene rings is 11. The van der Waals surface area contributed by atoms with Gasteiger partial charge in [-0.1, -0.05) is 188 Å². The van der Waals surface area contributed by atoms with Crippen LogP contribution in [0.1, 0.15) is 0 Å². The van der Waals surface area contributed by atoms with Crippen molar-refractivity contribution < 1.29 is 4.42 Å². The molecular formula is C62H40N2O. The van der Waals surface area contributed by atoms with Crippen LogP contribution < -0.4 is 4.90 Å². The van der Waals surface area contributed by atoms with Crippen LogP contribution in [-0.2, 0) is 0 Å². The number of fused-ring (bicyclic) bond motifs is 9. The number of aromatic nitrogens is 1. The van der Waals surface area contributed by atoms with Gasteiger partial charge in [0.1, 0.15) is 11.2 Å². The van der Waals surface area contributed by atoms with Gasteiger partial charge in [-0.05, 0) is 104 Å². The predicted octanol–water partition coefficient (Wildman–Crippen LogP) is 17.5. The molecule has 0 aliphatic carbocycles. The quantitative estimate of drug-likeness (QED) is 0.160. The number of rotatable bonds is 7. The average molecular weight is 829 g/mol. The summed E-state index contributed by atoms with van der Waals surface area (Å²) >= 11 is 0. The van der Waals surface area contributed by atoms with Crippen LogP contribution in [0.15, 0.2) is 247 Å². The normalized spacial score (nSPS) is 11.7. The highest BCUT2D eigenvalue weighted by Crippen LogP contribution is 2.47. The molecule has 0 fully saturated rings. The summed E-state index contributed by atoms with van der Waals surface area (Å²) in [6.45, 7) is 0. The van der Waals surface area contributed by atoms with Crippen LogP contribution in [0.25, 0.3) is 104 Å². The lowest BCUT2D eigenvalue weighted by Crippen LogP contribution is -2.13. The van der Waals surface area contributed by atoms with E-state index >= 15 is 0 Å². The Labute approximate surface area is 376 Å². The van der Waals surface area contributed by atoms with Crippen molar-refractivity contribution in [1.29, 1.82) is 0 Å². The van der Waals surface area contributed by atoms with Crippen molar-refractivity contribution in [3.05, 3.63) is 243 Å². The number of anilines is 3. The second kappa shape index (κ2) is 15.0. The molecule has 0 atom stereocenters. The number of nitrogens with zero attached hydrogens (tertiary/aromatic N) is 2. The summed E-state index contributed by atoms with van der Waals surface area (Å²) in [5, 5.41) is 9.68. The smallest absolute Gasteiger partial charge is 0.143 e. The summed E-state index contributed by atoms with van der Waals surface area (Å²) < 4.78 is 8.99. The van der Waals surface area contributed by atoms with Crippen molar-refractivity contribution >= 4 is 82.4 Å². The molecule has 0 spiro atoms. The molecule has 11 aromatic carbocycles. The van der Waals surface area contributed by atoms with E-state index in [1.807, 2.05) is 12.1 Å². The molecule has 2 aromatic heterocycles. The molecule has 0 saturated carbocycles. The molecule has 3 nitrogen and oxygen atoms in total. The minimum atomic E-state index is 0.899. The second-order valence-corrected chi connectivity index (χ2v) is 16.8. The summed E-state index contributed by atoms with van der Waals surface area (Å²) in [5.74, 6) is 0. The molecule has 0 bridgehead atoms. The Bertz CT molecular complexity index is 3930. The van der Waals surface area contributed by atoms with Gasteiger partial charge in [0.25, 0.3) is 0 Å². The number of hydrogen-bond acceptors (Lipinski definition) is 2. The largest absolute Gasteiger partial charge is 0.455 e. The third kappa shape index (κ3) is 5.97. The van der Waals surface area contributed by atoms with Gasteiger partial charge < -0.3 is 13.9 Å². The van der Waals surface area contributed by atoms with Gasteiger partial charge >= 0.3 is 0 Å². The molecule has 13 rings (SSSR count). The van der Waals surface area contributed by atoms with Gasteiger partial charge in [-0.2, -0.15) is 0 Å².